The third-order valence-corrected chi connectivity index (χ3v) is 6.07. The average molecular weight is 429 g/mol. The molecule has 1 aliphatic carbocycles. The molecule has 1 aromatic heterocycles. The molecule has 6 nitrogen and oxygen atoms in total. The van der Waals surface area contributed by atoms with Crippen molar-refractivity contribution in [2.24, 2.45) is 4.99 Å². The monoisotopic (exact) mass is 428 g/mol. The zero-order chi connectivity index (χ0) is 22.1. The maximum absolute atomic E-state index is 6.27. The highest BCUT2D eigenvalue weighted by molar-refractivity contribution is 6.01. The molecule has 2 aromatic carbocycles. The molecule has 1 fully saturated rings. The number of rotatable bonds is 6. The van der Waals surface area contributed by atoms with Crippen molar-refractivity contribution >= 4 is 5.84 Å². The SMILES string of the molecule is Cc1ccc(CC2CONC(c3c(Oc4cccc(C5CC5)c4)cnnc3C)=N2)c(C)c1. The molecule has 2 heterocycles. The van der Waals surface area contributed by atoms with Gasteiger partial charge in [0, 0.05) is 0 Å². The minimum absolute atomic E-state index is 0.00580. The van der Waals surface area contributed by atoms with Crippen LogP contribution in [0, 0.1) is 20.8 Å². The van der Waals surface area contributed by atoms with Crippen molar-refractivity contribution in [1.82, 2.24) is 15.7 Å². The van der Waals surface area contributed by atoms with Crippen molar-refractivity contribution in [3.05, 3.63) is 82.2 Å². The fraction of sp³-hybridized carbons (Fsp3) is 0.346. The molecular weight excluding hydrogens is 400 g/mol. The molecule has 0 saturated heterocycles. The zero-order valence-electron chi connectivity index (χ0n) is 18.8. The van der Waals surface area contributed by atoms with Gasteiger partial charge in [-0.05, 0) is 74.8 Å². The van der Waals surface area contributed by atoms with E-state index in [1.54, 1.807) is 6.20 Å². The first-order chi connectivity index (χ1) is 15.6. The van der Waals surface area contributed by atoms with E-state index in [9.17, 15) is 0 Å². The van der Waals surface area contributed by atoms with Gasteiger partial charge in [0.25, 0.3) is 0 Å². The number of hydroxylamine groups is 1. The lowest BCUT2D eigenvalue weighted by atomic mass is 9.99. The molecule has 1 atom stereocenters. The van der Waals surface area contributed by atoms with Gasteiger partial charge in [0.05, 0.1) is 30.1 Å². The van der Waals surface area contributed by atoms with Gasteiger partial charge in [-0.25, -0.2) is 5.48 Å². The van der Waals surface area contributed by atoms with E-state index in [1.807, 2.05) is 19.1 Å². The molecule has 0 amide bonds. The van der Waals surface area contributed by atoms with Crippen molar-refractivity contribution in [1.29, 1.82) is 0 Å². The predicted octanol–water partition coefficient (Wildman–Crippen LogP) is 4.96. The number of nitrogens with one attached hydrogen (secondary N) is 1. The van der Waals surface area contributed by atoms with Crippen LogP contribution in [0.4, 0.5) is 0 Å². The van der Waals surface area contributed by atoms with Crippen molar-refractivity contribution < 1.29 is 9.57 Å². The van der Waals surface area contributed by atoms with Crippen LogP contribution in [0.3, 0.4) is 0 Å². The molecule has 1 unspecified atom stereocenters. The Balaban J connectivity index is 1.42. The molecule has 2 aliphatic rings. The third kappa shape index (κ3) is 4.50. The lowest BCUT2D eigenvalue weighted by Crippen LogP contribution is -2.37. The van der Waals surface area contributed by atoms with E-state index < -0.39 is 0 Å². The summed E-state index contributed by atoms with van der Waals surface area (Å²) >= 11 is 0. The van der Waals surface area contributed by atoms with E-state index in [4.69, 9.17) is 14.6 Å². The van der Waals surface area contributed by atoms with Crippen LogP contribution in [0.1, 0.15) is 52.3 Å². The Hall–Kier alpha value is -3.25. The number of benzene rings is 2. The van der Waals surface area contributed by atoms with Gasteiger partial charge in [-0.15, -0.1) is 0 Å². The Morgan fingerprint density at radius 2 is 1.97 bits per heavy atom. The fourth-order valence-corrected chi connectivity index (χ4v) is 4.20. The molecule has 3 aromatic rings. The number of aromatic nitrogens is 2. The van der Waals surface area contributed by atoms with Gasteiger partial charge in [-0.3, -0.25) is 9.83 Å². The largest absolute Gasteiger partial charge is 0.455 e. The Kier molecular flexibility index (Phi) is 5.62. The van der Waals surface area contributed by atoms with E-state index in [2.05, 4.69) is 59.9 Å². The first-order valence-electron chi connectivity index (χ1n) is 11.2. The minimum atomic E-state index is 0.00580. The van der Waals surface area contributed by atoms with E-state index >= 15 is 0 Å². The summed E-state index contributed by atoms with van der Waals surface area (Å²) in [5.41, 5.74) is 9.66. The van der Waals surface area contributed by atoms with Crippen LogP contribution in [0.2, 0.25) is 0 Å². The topological polar surface area (TPSA) is 68.6 Å². The Labute approximate surface area is 188 Å². The van der Waals surface area contributed by atoms with Crippen LogP contribution in [0.25, 0.3) is 0 Å². The summed E-state index contributed by atoms with van der Waals surface area (Å²) < 4.78 is 6.27. The highest BCUT2D eigenvalue weighted by Gasteiger charge is 2.25. The summed E-state index contributed by atoms with van der Waals surface area (Å²) in [7, 11) is 0. The maximum Gasteiger partial charge on any atom is 0.160 e. The molecular formula is C26H28N4O2. The second kappa shape index (κ2) is 8.71. The molecule has 32 heavy (non-hydrogen) atoms. The lowest BCUT2D eigenvalue weighted by molar-refractivity contribution is 0.0622. The Morgan fingerprint density at radius 3 is 2.78 bits per heavy atom. The fourth-order valence-electron chi connectivity index (χ4n) is 4.20. The summed E-state index contributed by atoms with van der Waals surface area (Å²) in [6, 6.07) is 14.8. The molecule has 6 heteroatoms. The quantitative estimate of drug-likeness (QED) is 0.601. The molecule has 0 radical (unpaired) electrons. The second-order valence-corrected chi connectivity index (χ2v) is 8.80. The predicted molar refractivity (Wildman–Crippen MR) is 124 cm³/mol. The average Bonchev–Trinajstić information content (AvgIpc) is 3.62. The summed E-state index contributed by atoms with van der Waals surface area (Å²) in [4.78, 5) is 10.7. The molecule has 0 spiro atoms. The summed E-state index contributed by atoms with van der Waals surface area (Å²) in [6.45, 7) is 6.68. The molecule has 1 saturated carbocycles. The number of aryl methyl sites for hydroxylation is 3. The molecule has 1 aliphatic heterocycles. The standard InChI is InChI=1S/C26H28N4O2/c1-16-7-8-20(17(2)11-16)12-22-15-31-30-26(28-22)25-18(3)29-27-14-24(25)32-23-6-4-5-21(13-23)19-9-10-19/h4-8,11,13-14,19,22H,9-10,12,15H2,1-3H3,(H,28,30). The molecule has 5 rings (SSSR count). The van der Waals surface area contributed by atoms with Gasteiger partial charge in [0.1, 0.15) is 5.75 Å². The van der Waals surface area contributed by atoms with Crippen LogP contribution >= 0.6 is 0 Å². The molecule has 164 valence electrons. The van der Waals surface area contributed by atoms with Gasteiger partial charge in [-0.1, -0.05) is 35.9 Å². The highest BCUT2D eigenvalue weighted by atomic mass is 16.6. The van der Waals surface area contributed by atoms with Crippen molar-refractivity contribution in [3.63, 3.8) is 0 Å². The smallest absolute Gasteiger partial charge is 0.160 e. The number of ether oxygens (including phenoxy) is 1. The molecule has 0 bridgehead atoms. The van der Waals surface area contributed by atoms with E-state index in [0.717, 1.165) is 23.4 Å². The van der Waals surface area contributed by atoms with Crippen molar-refractivity contribution in [2.75, 3.05) is 6.61 Å². The Bertz CT molecular complexity index is 1170. The number of amidine groups is 1. The zero-order valence-corrected chi connectivity index (χ0v) is 18.8. The van der Waals surface area contributed by atoms with Crippen molar-refractivity contribution in [2.45, 2.75) is 52.0 Å². The van der Waals surface area contributed by atoms with E-state index in [0.29, 0.717) is 24.1 Å². The van der Waals surface area contributed by atoms with Crippen LogP contribution in [0.15, 0.2) is 53.7 Å². The Morgan fingerprint density at radius 1 is 1.09 bits per heavy atom. The maximum atomic E-state index is 6.27. The summed E-state index contributed by atoms with van der Waals surface area (Å²) in [5.74, 6) is 2.71. The van der Waals surface area contributed by atoms with Gasteiger partial charge < -0.3 is 4.74 Å². The highest BCUT2D eigenvalue weighted by Crippen LogP contribution is 2.41. The number of hydrogen-bond donors (Lipinski definition) is 1. The first-order valence-corrected chi connectivity index (χ1v) is 11.2. The summed E-state index contributed by atoms with van der Waals surface area (Å²) in [6.07, 6.45) is 4.97. The van der Waals surface area contributed by atoms with Crippen molar-refractivity contribution in [3.8, 4) is 11.5 Å². The van der Waals surface area contributed by atoms with Gasteiger partial charge >= 0.3 is 0 Å². The lowest BCUT2D eigenvalue weighted by Gasteiger charge is -2.24. The van der Waals surface area contributed by atoms with E-state index in [1.165, 1.54) is 35.1 Å². The van der Waals surface area contributed by atoms with Crippen LogP contribution < -0.4 is 10.2 Å². The van der Waals surface area contributed by atoms with E-state index in [-0.39, 0.29) is 6.04 Å². The van der Waals surface area contributed by atoms with Crippen LogP contribution in [0.5, 0.6) is 11.5 Å². The number of hydrogen-bond acceptors (Lipinski definition) is 6. The van der Waals surface area contributed by atoms with Crippen LogP contribution in [-0.2, 0) is 11.3 Å². The number of nitrogens with zero attached hydrogens (tertiary/aromatic N) is 3. The number of aliphatic imine (C=N–C) groups is 1. The summed E-state index contributed by atoms with van der Waals surface area (Å²) in [5, 5.41) is 8.35. The van der Waals surface area contributed by atoms with Gasteiger partial charge in [0.15, 0.2) is 11.6 Å². The normalized spacial score (nSPS) is 18.1. The first kappa shape index (κ1) is 20.6. The van der Waals surface area contributed by atoms with Crippen LogP contribution in [-0.4, -0.2) is 28.7 Å². The van der Waals surface area contributed by atoms with Gasteiger partial charge in [-0.2, -0.15) is 10.2 Å². The minimum Gasteiger partial charge on any atom is -0.455 e. The third-order valence-electron chi connectivity index (χ3n) is 6.07. The molecule has 1 N–H and O–H groups in total. The second-order valence-electron chi connectivity index (χ2n) is 8.80. The van der Waals surface area contributed by atoms with Gasteiger partial charge in [0.2, 0.25) is 0 Å².